The highest BCUT2D eigenvalue weighted by atomic mass is 35.5. The molecule has 0 radical (unpaired) electrons. The monoisotopic (exact) mass is 389 g/mol. The molecule has 3 rings (SSSR count). The fourth-order valence-electron chi connectivity index (χ4n) is 2.60. The van der Waals surface area contributed by atoms with E-state index in [1.807, 2.05) is 0 Å². The van der Waals surface area contributed by atoms with Gasteiger partial charge >= 0.3 is 0 Å². The van der Waals surface area contributed by atoms with E-state index < -0.39 is 0 Å². The maximum atomic E-state index is 12.2. The minimum atomic E-state index is -0.228. The van der Waals surface area contributed by atoms with Gasteiger partial charge in [0.1, 0.15) is 13.2 Å². The molecule has 0 saturated carbocycles. The molecule has 7 nitrogen and oxygen atoms in total. The summed E-state index contributed by atoms with van der Waals surface area (Å²) in [5.74, 6) is 0.824. The lowest BCUT2D eigenvalue weighted by Crippen LogP contribution is -2.36. The standard InChI is InChI=1S/C19H20ClN3O4/c1-23(11-18(24)21-14-4-2-13(20)3-5-14)12-19(25)22-15-6-7-16-17(10-15)27-9-8-26-16/h2-7,10H,8-9,11-12H2,1H3,(H,21,24)(H,22,25). The van der Waals surface area contributed by atoms with Crippen LogP contribution in [-0.4, -0.2) is 50.1 Å². The molecule has 0 unspecified atom stereocenters. The van der Waals surface area contributed by atoms with Crippen LogP contribution >= 0.6 is 11.6 Å². The number of likely N-dealkylation sites (N-methyl/N-ethyl adjacent to an activating group) is 1. The van der Waals surface area contributed by atoms with Gasteiger partial charge in [0.05, 0.1) is 13.1 Å². The normalized spacial score (nSPS) is 12.6. The number of nitrogens with zero attached hydrogens (tertiary/aromatic N) is 1. The van der Waals surface area contributed by atoms with Crippen molar-refractivity contribution in [2.24, 2.45) is 0 Å². The zero-order chi connectivity index (χ0) is 19.2. The Hall–Kier alpha value is -2.77. The first-order valence-corrected chi connectivity index (χ1v) is 8.81. The molecule has 2 aromatic carbocycles. The summed E-state index contributed by atoms with van der Waals surface area (Å²) in [5, 5.41) is 6.14. The van der Waals surface area contributed by atoms with Crippen LogP contribution in [0.4, 0.5) is 11.4 Å². The number of ether oxygens (including phenoxy) is 2. The second-order valence-electron chi connectivity index (χ2n) is 6.13. The highest BCUT2D eigenvalue weighted by molar-refractivity contribution is 6.30. The first-order valence-electron chi connectivity index (χ1n) is 8.43. The van der Waals surface area contributed by atoms with E-state index in [0.717, 1.165) is 0 Å². The number of anilines is 2. The molecule has 142 valence electrons. The predicted octanol–water partition coefficient (Wildman–Crippen LogP) is 2.62. The van der Waals surface area contributed by atoms with Crippen LogP contribution in [-0.2, 0) is 9.59 Å². The first-order chi connectivity index (χ1) is 13.0. The summed E-state index contributed by atoms with van der Waals surface area (Å²) >= 11 is 5.82. The molecule has 1 aliphatic heterocycles. The Morgan fingerprint density at radius 2 is 1.48 bits per heavy atom. The Bertz CT molecular complexity index is 826. The van der Waals surface area contributed by atoms with Crippen molar-refractivity contribution in [3.63, 3.8) is 0 Å². The van der Waals surface area contributed by atoms with Gasteiger partial charge in [-0.3, -0.25) is 14.5 Å². The smallest absolute Gasteiger partial charge is 0.238 e. The van der Waals surface area contributed by atoms with Crippen LogP contribution in [0.2, 0.25) is 5.02 Å². The number of carbonyl (C=O) groups is 2. The van der Waals surface area contributed by atoms with E-state index in [1.54, 1.807) is 54.4 Å². The zero-order valence-electron chi connectivity index (χ0n) is 14.8. The van der Waals surface area contributed by atoms with Gasteiger partial charge in [-0.1, -0.05) is 11.6 Å². The number of fused-ring (bicyclic) bond motifs is 1. The third kappa shape index (κ3) is 5.60. The summed E-state index contributed by atoms with van der Waals surface area (Å²) in [6, 6.07) is 12.1. The van der Waals surface area contributed by atoms with Gasteiger partial charge in [0.2, 0.25) is 11.8 Å². The Balaban J connectivity index is 1.47. The molecule has 1 aliphatic rings. The Morgan fingerprint density at radius 1 is 0.926 bits per heavy atom. The minimum Gasteiger partial charge on any atom is -0.486 e. The Labute approximate surface area is 162 Å². The lowest BCUT2D eigenvalue weighted by atomic mass is 10.2. The summed E-state index contributed by atoms with van der Waals surface area (Å²) in [6.07, 6.45) is 0. The quantitative estimate of drug-likeness (QED) is 0.793. The number of hydrogen-bond acceptors (Lipinski definition) is 5. The van der Waals surface area contributed by atoms with Crippen LogP contribution in [0.25, 0.3) is 0 Å². The number of benzene rings is 2. The van der Waals surface area contributed by atoms with Crippen molar-refractivity contribution in [2.75, 3.05) is 44.0 Å². The number of halogens is 1. The zero-order valence-corrected chi connectivity index (χ0v) is 15.6. The van der Waals surface area contributed by atoms with Crippen molar-refractivity contribution in [1.29, 1.82) is 0 Å². The van der Waals surface area contributed by atoms with Crippen LogP contribution in [0.5, 0.6) is 11.5 Å². The molecule has 0 atom stereocenters. The molecule has 2 aromatic rings. The first kappa shape index (κ1) is 19.0. The maximum absolute atomic E-state index is 12.2. The van der Waals surface area contributed by atoms with Gasteiger partial charge < -0.3 is 20.1 Å². The third-order valence-electron chi connectivity index (χ3n) is 3.78. The van der Waals surface area contributed by atoms with Crippen LogP contribution in [0.1, 0.15) is 0 Å². The summed E-state index contributed by atoms with van der Waals surface area (Å²) in [4.78, 5) is 25.9. The van der Waals surface area contributed by atoms with E-state index in [4.69, 9.17) is 21.1 Å². The lowest BCUT2D eigenvalue weighted by molar-refractivity contribution is -0.119. The molecule has 0 bridgehead atoms. The van der Waals surface area contributed by atoms with Gasteiger partial charge in [-0.15, -0.1) is 0 Å². The Morgan fingerprint density at radius 3 is 2.15 bits per heavy atom. The highest BCUT2D eigenvalue weighted by Gasteiger charge is 2.14. The maximum Gasteiger partial charge on any atom is 0.238 e. The van der Waals surface area contributed by atoms with E-state index in [2.05, 4.69) is 10.6 Å². The van der Waals surface area contributed by atoms with Gasteiger partial charge in [-0.25, -0.2) is 0 Å². The van der Waals surface area contributed by atoms with Crippen molar-refractivity contribution >= 4 is 34.8 Å². The number of nitrogens with one attached hydrogen (secondary N) is 2. The summed E-state index contributed by atoms with van der Waals surface area (Å²) in [7, 11) is 1.70. The van der Waals surface area contributed by atoms with E-state index in [0.29, 0.717) is 41.1 Å². The molecular formula is C19H20ClN3O4. The second-order valence-corrected chi connectivity index (χ2v) is 6.57. The molecule has 1 heterocycles. The topological polar surface area (TPSA) is 79.9 Å². The SMILES string of the molecule is CN(CC(=O)Nc1ccc(Cl)cc1)CC(=O)Nc1ccc2c(c1)OCCO2. The number of amides is 2. The molecule has 0 fully saturated rings. The Kier molecular flexibility index (Phi) is 6.16. The molecule has 27 heavy (non-hydrogen) atoms. The fourth-order valence-corrected chi connectivity index (χ4v) is 2.73. The summed E-state index contributed by atoms with van der Waals surface area (Å²) < 4.78 is 10.9. The van der Waals surface area contributed by atoms with Crippen LogP contribution in [0, 0.1) is 0 Å². The van der Waals surface area contributed by atoms with Gasteiger partial charge in [0, 0.05) is 22.5 Å². The molecule has 2 amide bonds. The average Bonchev–Trinajstić information content (AvgIpc) is 2.63. The number of hydrogen-bond donors (Lipinski definition) is 2. The van der Waals surface area contributed by atoms with Crippen LogP contribution in [0.3, 0.4) is 0 Å². The van der Waals surface area contributed by atoms with Crippen molar-refractivity contribution in [3.05, 3.63) is 47.5 Å². The van der Waals surface area contributed by atoms with Crippen molar-refractivity contribution < 1.29 is 19.1 Å². The predicted molar refractivity (Wildman–Crippen MR) is 104 cm³/mol. The molecular weight excluding hydrogens is 370 g/mol. The van der Waals surface area contributed by atoms with Crippen molar-refractivity contribution in [2.45, 2.75) is 0 Å². The van der Waals surface area contributed by atoms with E-state index in [9.17, 15) is 9.59 Å². The van der Waals surface area contributed by atoms with Gasteiger partial charge in [0.25, 0.3) is 0 Å². The summed E-state index contributed by atoms with van der Waals surface area (Å²) in [5.41, 5.74) is 1.27. The minimum absolute atomic E-state index is 0.0719. The van der Waals surface area contributed by atoms with E-state index in [-0.39, 0.29) is 24.9 Å². The molecule has 8 heteroatoms. The summed E-state index contributed by atoms with van der Waals surface area (Å²) in [6.45, 7) is 1.15. The van der Waals surface area contributed by atoms with E-state index >= 15 is 0 Å². The third-order valence-corrected chi connectivity index (χ3v) is 4.03. The molecule has 0 spiro atoms. The molecule has 2 N–H and O–H groups in total. The van der Waals surface area contributed by atoms with Crippen LogP contribution in [0.15, 0.2) is 42.5 Å². The lowest BCUT2D eigenvalue weighted by Gasteiger charge is -2.19. The fraction of sp³-hybridized carbons (Fsp3) is 0.263. The molecule has 0 aromatic heterocycles. The average molecular weight is 390 g/mol. The largest absolute Gasteiger partial charge is 0.486 e. The van der Waals surface area contributed by atoms with Gasteiger partial charge in [-0.2, -0.15) is 0 Å². The highest BCUT2D eigenvalue weighted by Crippen LogP contribution is 2.32. The van der Waals surface area contributed by atoms with Gasteiger partial charge in [-0.05, 0) is 43.4 Å². The molecule has 0 aliphatic carbocycles. The van der Waals surface area contributed by atoms with Gasteiger partial charge in [0.15, 0.2) is 11.5 Å². The second kappa shape index (κ2) is 8.75. The van der Waals surface area contributed by atoms with Crippen molar-refractivity contribution in [1.82, 2.24) is 4.90 Å². The number of carbonyl (C=O) groups excluding carboxylic acids is 2. The number of rotatable bonds is 6. The van der Waals surface area contributed by atoms with Crippen LogP contribution < -0.4 is 20.1 Å². The molecule has 0 saturated heterocycles. The van der Waals surface area contributed by atoms with Crippen molar-refractivity contribution in [3.8, 4) is 11.5 Å². The van der Waals surface area contributed by atoms with E-state index in [1.165, 1.54) is 0 Å².